The van der Waals surface area contributed by atoms with Crippen LogP contribution in [0.25, 0.3) is 0 Å². The zero-order valence-electron chi connectivity index (χ0n) is 53.5. The van der Waals surface area contributed by atoms with Crippen LogP contribution in [-0.4, -0.2) is 82.3 Å². The van der Waals surface area contributed by atoms with Crippen molar-refractivity contribution in [2.24, 2.45) is 0 Å². The fourth-order valence-corrected chi connectivity index (χ4v) is 10.7. The molecular formula is C70H135NO8. The van der Waals surface area contributed by atoms with Gasteiger partial charge < -0.3 is 33.3 Å². The minimum Gasteiger partial charge on any atom is -0.545 e. The highest BCUT2D eigenvalue weighted by atomic mass is 16.7. The average Bonchev–Trinajstić information content (AvgIpc) is 3.42. The zero-order valence-corrected chi connectivity index (χ0v) is 53.5. The van der Waals surface area contributed by atoms with Crippen LogP contribution < -0.4 is 5.11 Å². The summed E-state index contributed by atoms with van der Waals surface area (Å²) in [6.07, 6.45) is 71.6. The van der Waals surface area contributed by atoms with Gasteiger partial charge in [0.2, 0.25) is 0 Å². The van der Waals surface area contributed by atoms with Gasteiger partial charge in [-0.1, -0.05) is 321 Å². The maximum Gasteiger partial charge on any atom is 0.306 e. The average molecular weight is 1120 g/mol. The van der Waals surface area contributed by atoms with Crippen LogP contribution in [0.4, 0.5) is 0 Å². The molecule has 0 aromatic heterocycles. The first-order chi connectivity index (χ1) is 38.6. The number of carboxylic acids is 1. The van der Waals surface area contributed by atoms with Crippen molar-refractivity contribution < 1.29 is 42.9 Å². The third-order valence-corrected chi connectivity index (χ3v) is 16.0. The van der Waals surface area contributed by atoms with Crippen molar-refractivity contribution in [1.82, 2.24) is 0 Å². The lowest BCUT2D eigenvalue weighted by Gasteiger charge is -2.26. The lowest BCUT2D eigenvalue weighted by molar-refractivity contribution is -0.870. The Morgan fingerprint density at radius 1 is 0.367 bits per heavy atom. The molecule has 2 unspecified atom stereocenters. The van der Waals surface area contributed by atoms with Gasteiger partial charge in [0, 0.05) is 12.8 Å². The minimum atomic E-state index is -1.62. The van der Waals surface area contributed by atoms with Gasteiger partial charge in [0.25, 0.3) is 0 Å². The van der Waals surface area contributed by atoms with Gasteiger partial charge in [-0.15, -0.1) is 0 Å². The van der Waals surface area contributed by atoms with E-state index in [2.05, 4.69) is 26.0 Å². The number of ether oxygens (including phenoxy) is 4. The second-order valence-electron chi connectivity index (χ2n) is 25.2. The Morgan fingerprint density at radius 2 is 0.646 bits per heavy atom. The smallest absolute Gasteiger partial charge is 0.306 e. The summed E-state index contributed by atoms with van der Waals surface area (Å²) >= 11 is 0. The van der Waals surface area contributed by atoms with Crippen molar-refractivity contribution in [3.63, 3.8) is 0 Å². The molecule has 0 aliphatic heterocycles. The molecule has 79 heavy (non-hydrogen) atoms. The van der Waals surface area contributed by atoms with E-state index in [4.69, 9.17) is 18.9 Å². The van der Waals surface area contributed by atoms with Crippen molar-refractivity contribution >= 4 is 17.9 Å². The summed E-state index contributed by atoms with van der Waals surface area (Å²) < 4.78 is 22.8. The number of aliphatic carboxylic acids is 1. The Bertz CT molecular complexity index is 1300. The van der Waals surface area contributed by atoms with E-state index in [1.54, 1.807) is 0 Å². The third-order valence-electron chi connectivity index (χ3n) is 16.0. The minimum absolute atomic E-state index is 0.153. The van der Waals surface area contributed by atoms with E-state index in [1.807, 2.05) is 21.1 Å². The van der Waals surface area contributed by atoms with Crippen LogP contribution in [0.15, 0.2) is 12.2 Å². The van der Waals surface area contributed by atoms with Crippen molar-refractivity contribution in [3.8, 4) is 0 Å². The zero-order chi connectivity index (χ0) is 57.6. The first-order valence-electron chi connectivity index (χ1n) is 34.8. The van der Waals surface area contributed by atoms with E-state index in [0.29, 0.717) is 17.4 Å². The summed E-state index contributed by atoms with van der Waals surface area (Å²) in [6.45, 7) is 4.83. The van der Waals surface area contributed by atoms with Gasteiger partial charge in [0.05, 0.1) is 40.3 Å². The summed E-state index contributed by atoms with van der Waals surface area (Å²) in [5.74, 6) is -2.25. The van der Waals surface area contributed by atoms with Gasteiger partial charge in [-0.25, -0.2) is 0 Å². The normalized spacial score (nSPS) is 12.7. The van der Waals surface area contributed by atoms with Gasteiger partial charge in [-0.2, -0.15) is 0 Å². The molecule has 0 saturated heterocycles. The number of likely N-dealkylation sites (N-methyl/N-ethyl adjacent to an activating group) is 1. The Morgan fingerprint density at radius 3 is 0.937 bits per heavy atom. The lowest BCUT2D eigenvalue weighted by Crippen LogP contribution is -2.44. The molecule has 0 rings (SSSR count). The highest BCUT2D eigenvalue weighted by molar-refractivity contribution is 5.70. The summed E-state index contributed by atoms with van der Waals surface area (Å²) in [5, 5.41) is 11.8. The SMILES string of the molecule is CCCCCCCCCC/C=C\CCCCCCCCCCCCCCCCCCCCCCCC(=O)OC(COC(=O)CCCCCCCCCCCCCCCCCCCCCCC)COC(OCC[N+](C)(C)C)C(=O)[O-]. The van der Waals surface area contributed by atoms with Crippen molar-refractivity contribution in [2.75, 3.05) is 47.5 Å². The van der Waals surface area contributed by atoms with Crippen LogP contribution in [0.1, 0.15) is 361 Å². The number of allylic oxidation sites excluding steroid dienone is 2. The van der Waals surface area contributed by atoms with E-state index in [-0.39, 0.29) is 32.2 Å². The van der Waals surface area contributed by atoms with Gasteiger partial charge in [-0.3, -0.25) is 9.59 Å². The van der Waals surface area contributed by atoms with Crippen LogP contribution in [0, 0.1) is 0 Å². The summed E-state index contributed by atoms with van der Waals surface area (Å²) in [5.41, 5.74) is 0. The molecule has 0 bridgehead atoms. The summed E-state index contributed by atoms with van der Waals surface area (Å²) in [6, 6.07) is 0. The largest absolute Gasteiger partial charge is 0.545 e. The Kier molecular flexibility index (Phi) is 60.5. The van der Waals surface area contributed by atoms with E-state index >= 15 is 0 Å². The number of hydrogen-bond acceptors (Lipinski definition) is 8. The first-order valence-corrected chi connectivity index (χ1v) is 34.8. The fourth-order valence-electron chi connectivity index (χ4n) is 10.7. The number of carboxylic acid groups (broad SMARTS) is 1. The number of hydrogen-bond donors (Lipinski definition) is 0. The molecular weight excluding hydrogens is 983 g/mol. The number of rotatable bonds is 66. The molecule has 0 radical (unpaired) electrons. The number of esters is 2. The van der Waals surface area contributed by atoms with Crippen LogP contribution in [0.5, 0.6) is 0 Å². The predicted octanol–water partition coefficient (Wildman–Crippen LogP) is 19.9. The lowest BCUT2D eigenvalue weighted by atomic mass is 10.0. The van der Waals surface area contributed by atoms with Gasteiger partial charge in [0.1, 0.15) is 13.2 Å². The second-order valence-corrected chi connectivity index (χ2v) is 25.2. The maximum absolute atomic E-state index is 12.9. The number of carbonyl (C=O) groups excluding carboxylic acids is 3. The Labute approximate surface area is 491 Å². The quantitative estimate of drug-likeness (QED) is 0.0195. The van der Waals surface area contributed by atoms with Gasteiger partial charge >= 0.3 is 11.9 Å². The van der Waals surface area contributed by atoms with Crippen LogP contribution in [0.3, 0.4) is 0 Å². The molecule has 0 aliphatic carbocycles. The summed E-state index contributed by atoms with van der Waals surface area (Å²) in [4.78, 5) is 37.4. The van der Waals surface area contributed by atoms with Crippen LogP contribution >= 0.6 is 0 Å². The van der Waals surface area contributed by atoms with Gasteiger partial charge in [0.15, 0.2) is 12.4 Å². The predicted molar refractivity (Wildman–Crippen MR) is 334 cm³/mol. The van der Waals surface area contributed by atoms with Crippen LogP contribution in [-0.2, 0) is 33.3 Å². The molecule has 0 fully saturated rings. The van der Waals surface area contributed by atoms with Crippen molar-refractivity contribution in [1.29, 1.82) is 0 Å². The molecule has 0 saturated carbocycles. The number of nitrogens with zero attached hydrogens (tertiary/aromatic N) is 1. The fraction of sp³-hybridized carbons (Fsp3) is 0.929. The van der Waals surface area contributed by atoms with E-state index in [0.717, 1.165) is 38.5 Å². The molecule has 468 valence electrons. The van der Waals surface area contributed by atoms with Crippen LogP contribution in [0.2, 0.25) is 0 Å². The molecule has 0 aromatic carbocycles. The second kappa shape index (κ2) is 62.1. The van der Waals surface area contributed by atoms with Gasteiger partial charge in [-0.05, 0) is 38.5 Å². The topological polar surface area (TPSA) is 111 Å². The molecule has 9 nitrogen and oxygen atoms in total. The Hall–Kier alpha value is -1.97. The molecule has 2 atom stereocenters. The molecule has 9 heteroatoms. The molecule has 0 spiro atoms. The monoisotopic (exact) mass is 1120 g/mol. The number of unbranched alkanes of at least 4 members (excludes halogenated alkanes) is 49. The number of quaternary nitrogens is 1. The van der Waals surface area contributed by atoms with Crippen molar-refractivity contribution in [3.05, 3.63) is 12.2 Å². The number of carbonyl (C=O) groups is 3. The standard InChI is InChI=1S/C70H135NO8/c1-6-8-10-12-14-16-18-20-22-24-26-28-29-30-31-32-33-34-35-36-37-38-39-41-43-45-47-49-51-53-55-57-59-61-68(73)79-66(65-78-70(69(74)75)76-63-62-71(3,4)5)64-77-67(72)60-58-56-54-52-50-48-46-44-42-40-27-25-23-21-19-17-15-13-11-9-7-2/h24,26,66,70H,6-23,25,27-65H2,1-5H3/b26-24-. The maximum atomic E-state index is 12.9. The van der Waals surface area contributed by atoms with E-state index in [9.17, 15) is 19.5 Å². The molecule has 0 aromatic rings. The first kappa shape index (κ1) is 77.0. The van der Waals surface area contributed by atoms with E-state index < -0.39 is 24.3 Å². The highest BCUT2D eigenvalue weighted by Gasteiger charge is 2.22. The molecule has 0 aliphatic rings. The molecule has 0 heterocycles. The highest BCUT2D eigenvalue weighted by Crippen LogP contribution is 2.19. The van der Waals surface area contributed by atoms with E-state index in [1.165, 1.54) is 295 Å². The Balaban J connectivity index is 4.03. The van der Waals surface area contributed by atoms with Crippen molar-refractivity contribution in [2.45, 2.75) is 373 Å². The summed E-state index contributed by atoms with van der Waals surface area (Å²) in [7, 11) is 5.95. The molecule has 0 amide bonds. The third kappa shape index (κ3) is 63.5. The molecule has 0 N–H and O–H groups in total.